The topological polar surface area (TPSA) is 82.1 Å². The molecule has 2 aromatic rings. The predicted molar refractivity (Wildman–Crippen MR) is 83.3 cm³/mol. The SMILES string of the molecule is Nc1nnnn1CCCOc1cccc(CN2CCCC2)c1. The minimum absolute atomic E-state index is 0.340. The summed E-state index contributed by atoms with van der Waals surface area (Å²) in [5.74, 6) is 1.26. The monoisotopic (exact) mass is 302 g/mol. The Bertz CT molecular complexity index is 593. The maximum Gasteiger partial charge on any atom is 0.240 e. The molecule has 0 saturated carbocycles. The molecule has 1 aromatic heterocycles. The highest BCUT2D eigenvalue weighted by Crippen LogP contribution is 2.17. The van der Waals surface area contributed by atoms with Gasteiger partial charge in [-0.25, -0.2) is 4.68 Å². The molecule has 1 aliphatic rings. The second-order valence-corrected chi connectivity index (χ2v) is 5.59. The Labute approximate surface area is 130 Å². The van der Waals surface area contributed by atoms with Gasteiger partial charge in [0.25, 0.3) is 0 Å². The van der Waals surface area contributed by atoms with Gasteiger partial charge in [0.2, 0.25) is 5.95 Å². The van der Waals surface area contributed by atoms with Crippen molar-refractivity contribution in [3.63, 3.8) is 0 Å². The highest BCUT2D eigenvalue weighted by Gasteiger charge is 2.11. The number of anilines is 1. The number of likely N-dealkylation sites (tertiary alicyclic amines) is 1. The van der Waals surface area contributed by atoms with Gasteiger partial charge >= 0.3 is 0 Å². The summed E-state index contributed by atoms with van der Waals surface area (Å²) in [5.41, 5.74) is 6.92. The number of benzene rings is 1. The van der Waals surface area contributed by atoms with Gasteiger partial charge in [0.15, 0.2) is 0 Å². The molecule has 0 amide bonds. The highest BCUT2D eigenvalue weighted by atomic mass is 16.5. The highest BCUT2D eigenvalue weighted by molar-refractivity contribution is 5.28. The Morgan fingerprint density at radius 2 is 2.09 bits per heavy atom. The van der Waals surface area contributed by atoms with Crippen LogP contribution in [-0.4, -0.2) is 44.8 Å². The number of tetrazole rings is 1. The normalized spacial score (nSPS) is 15.3. The summed E-state index contributed by atoms with van der Waals surface area (Å²) in [6.07, 6.45) is 3.44. The number of aryl methyl sites for hydroxylation is 1. The Kier molecular flexibility index (Phi) is 4.85. The van der Waals surface area contributed by atoms with Crippen LogP contribution in [0.5, 0.6) is 5.75 Å². The van der Waals surface area contributed by atoms with Crippen molar-refractivity contribution in [3.05, 3.63) is 29.8 Å². The van der Waals surface area contributed by atoms with E-state index in [1.165, 1.54) is 31.5 Å². The zero-order valence-electron chi connectivity index (χ0n) is 12.7. The number of nitrogens with two attached hydrogens (primary N) is 1. The Hall–Kier alpha value is -2.15. The van der Waals surface area contributed by atoms with Crippen molar-refractivity contribution < 1.29 is 4.74 Å². The van der Waals surface area contributed by atoms with Crippen molar-refractivity contribution in [2.24, 2.45) is 0 Å². The third-order valence-corrected chi connectivity index (χ3v) is 3.85. The molecule has 3 rings (SSSR count). The summed E-state index contributed by atoms with van der Waals surface area (Å²) >= 11 is 0. The van der Waals surface area contributed by atoms with Gasteiger partial charge < -0.3 is 10.5 Å². The number of rotatable bonds is 7. The van der Waals surface area contributed by atoms with Gasteiger partial charge in [0, 0.05) is 19.5 Å². The molecule has 1 fully saturated rings. The van der Waals surface area contributed by atoms with Crippen molar-refractivity contribution >= 4 is 5.95 Å². The lowest BCUT2D eigenvalue weighted by atomic mass is 10.2. The number of nitrogens with zero attached hydrogens (tertiary/aromatic N) is 5. The van der Waals surface area contributed by atoms with E-state index in [4.69, 9.17) is 10.5 Å². The lowest BCUT2D eigenvalue weighted by molar-refractivity contribution is 0.296. The Morgan fingerprint density at radius 3 is 2.86 bits per heavy atom. The summed E-state index contributed by atoms with van der Waals surface area (Å²) in [4.78, 5) is 2.49. The Morgan fingerprint density at radius 1 is 1.23 bits per heavy atom. The number of aromatic nitrogens is 4. The smallest absolute Gasteiger partial charge is 0.240 e. The van der Waals surface area contributed by atoms with Gasteiger partial charge in [-0.05, 0) is 54.1 Å². The Balaban J connectivity index is 1.45. The van der Waals surface area contributed by atoms with Crippen LogP contribution < -0.4 is 10.5 Å². The van der Waals surface area contributed by atoms with E-state index in [0.717, 1.165) is 18.7 Å². The van der Waals surface area contributed by atoms with Gasteiger partial charge in [0.1, 0.15) is 5.75 Å². The summed E-state index contributed by atoms with van der Waals surface area (Å²) in [7, 11) is 0. The van der Waals surface area contributed by atoms with Crippen molar-refractivity contribution in [1.29, 1.82) is 0 Å². The first-order valence-corrected chi connectivity index (χ1v) is 7.77. The molecule has 7 nitrogen and oxygen atoms in total. The summed E-state index contributed by atoms with van der Waals surface area (Å²) in [6, 6.07) is 8.34. The lowest BCUT2D eigenvalue weighted by Crippen LogP contribution is -2.18. The molecule has 1 aliphatic heterocycles. The average Bonchev–Trinajstić information content (AvgIpc) is 3.16. The summed E-state index contributed by atoms with van der Waals surface area (Å²) in [6.45, 7) is 4.70. The predicted octanol–water partition coefficient (Wildman–Crippen LogP) is 1.32. The maximum atomic E-state index is 5.81. The minimum atomic E-state index is 0.340. The van der Waals surface area contributed by atoms with E-state index in [0.29, 0.717) is 19.1 Å². The quantitative estimate of drug-likeness (QED) is 0.777. The van der Waals surface area contributed by atoms with Crippen LogP contribution in [0.2, 0.25) is 0 Å². The van der Waals surface area contributed by atoms with Crippen LogP contribution in [0, 0.1) is 0 Å². The molecule has 22 heavy (non-hydrogen) atoms. The molecular formula is C15H22N6O. The second-order valence-electron chi connectivity index (χ2n) is 5.59. The van der Waals surface area contributed by atoms with E-state index in [-0.39, 0.29) is 0 Å². The molecule has 2 heterocycles. The molecule has 2 N–H and O–H groups in total. The zero-order valence-corrected chi connectivity index (χ0v) is 12.7. The summed E-state index contributed by atoms with van der Waals surface area (Å²) < 4.78 is 7.38. The van der Waals surface area contributed by atoms with E-state index in [1.807, 2.05) is 6.07 Å². The molecule has 0 bridgehead atoms. The van der Waals surface area contributed by atoms with Crippen LogP contribution in [0.4, 0.5) is 5.95 Å². The molecule has 7 heteroatoms. The fourth-order valence-corrected chi connectivity index (χ4v) is 2.71. The van der Waals surface area contributed by atoms with Crippen molar-refractivity contribution in [1.82, 2.24) is 25.1 Å². The van der Waals surface area contributed by atoms with E-state index < -0.39 is 0 Å². The standard InChI is InChI=1S/C15H22N6O/c16-15-17-18-19-21(15)9-4-10-22-14-6-3-5-13(11-14)12-20-7-1-2-8-20/h3,5-6,11H,1-2,4,7-10,12H2,(H2,16,17,19). The molecule has 0 radical (unpaired) electrons. The van der Waals surface area contributed by atoms with Gasteiger partial charge in [-0.2, -0.15) is 0 Å². The number of ether oxygens (including phenoxy) is 1. The molecule has 1 saturated heterocycles. The van der Waals surface area contributed by atoms with Crippen LogP contribution in [-0.2, 0) is 13.1 Å². The van der Waals surface area contributed by atoms with Crippen LogP contribution in [0.3, 0.4) is 0 Å². The molecule has 0 atom stereocenters. The number of nitrogen functional groups attached to an aromatic ring is 1. The molecule has 0 spiro atoms. The van der Waals surface area contributed by atoms with E-state index in [9.17, 15) is 0 Å². The summed E-state index contributed by atoms with van der Waals surface area (Å²) in [5, 5.41) is 11.0. The van der Waals surface area contributed by atoms with Crippen LogP contribution in [0.1, 0.15) is 24.8 Å². The third kappa shape index (κ3) is 3.94. The third-order valence-electron chi connectivity index (χ3n) is 3.85. The first kappa shape index (κ1) is 14.8. The molecule has 1 aromatic carbocycles. The molecule has 118 valence electrons. The van der Waals surface area contributed by atoms with Crippen molar-refractivity contribution in [2.45, 2.75) is 32.4 Å². The zero-order chi connectivity index (χ0) is 15.2. The van der Waals surface area contributed by atoms with E-state index >= 15 is 0 Å². The second kappa shape index (κ2) is 7.22. The maximum absolute atomic E-state index is 5.81. The van der Waals surface area contributed by atoms with Gasteiger partial charge in [-0.3, -0.25) is 4.90 Å². The number of hydrogen-bond donors (Lipinski definition) is 1. The lowest BCUT2D eigenvalue weighted by Gasteiger charge is -2.15. The fourth-order valence-electron chi connectivity index (χ4n) is 2.71. The molecular weight excluding hydrogens is 280 g/mol. The van der Waals surface area contributed by atoms with Crippen LogP contribution >= 0.6 is 0 Å². The average molecular weight is 302 g/mol. The van der Waals surface area contributed by atoms with Crippen LogP contribution in [0.15, 0.2) is 24.3 Å². The molecule has 0 aliphatic carbocycles. The van der Waals surface area contributed by atoms with Crippen molar-refractivity contribution in [2.75, 3.05) is 25.4 Å². The van der Waals surface area contributed by atoms with Gasteiger partial charge in [-0.15, -0.1) is 0 Å². The minimum Gasteiger partial charge on any atom is -0.494 e. The van der Waals surface area contributed by atoms with Gasteiger partial charge in [0.05, 0.1) is 6.61 Å². The fraction of sp³-hybridized carbons (Fsp3) is 0.533. The first-order valence-electron chi connectivity index (χ1n) is 7.77. The van der Waals surface area contributed by atoms with Crippen molar-refractivity contribution in [3.8, 4) is 5.75 Å². The largest absolute Gasteiger partial charge is 0.494 e. The van der Waals surface area contributed by atoms with E-state index in [1.54, 1.807) is 4.68 Å². The first-order chi connectivity index (χ1) is 10.8. The molecule has 0 unspecified atom stereocenters. The van der Waals surface area contributed by atoms with E-state index in [2.05, 4.69) is 38.6 Å². The van der Waals surface area contributed by atoms with Crippen LogP contribution in [0.25, 0.3) is 0 Å². The van der Waals surface area contributed by atoms with Gasteiger partial charge in [-0.1, -0.05) is 17.2 Å². The number of hydrogen-bond acceptors (Lipinski definition) is 6.